The summed E-state index contributed by atoms with van der Waals surface area (Å²) in [4.78, 5) is 24.9. The molecule has 8 heteroatoms. The summed E-state index contributed by atoms with van der Waals surface area (Å²) in [5.74, 6) is -0.112. The summed E-state index contributed by atoms with van der Waals surface area (Å²) in [7, 11) is 0. The smallest absolute Gasteiger partial charge is 0.282 e. The van der Waals surface area contributed by atoms with Gasteiger partial charge in [0.2, 0.25) is 0 Å². The quantitative estimate of drug-likeness (QED) is 0.364. The average molecular weight is 415 g/mol. The van der Waals surface area contributed by atoms with Crippen molar-refractivity contribution in [3.8, 4) is 5.69 Å². The third kappa shape index (κ3) is 4.00. The normalized spacial score (nSPS) is 11.1. The van der Waals surface area contributed by atoms with E-state index >= 15 is 0 Å². The Hall–Kier alpha value is -4.07. The highest BCUT2D eigenvalue weighted by Crippen LogP contribution is 2.25. The Balaban J connectivity index is 1.65. The van der Waals surface area contributed by atoms with Crippen molar-refractivity contribution in [1.29, 1.82) is 0 Å². The minimum atomic E-state index is -0.568. The standard InChI is InChI=1S/C23H21N5O3/c1-14(2)16-8-10-17(11-9-16)27-25-20-12-15(3)19(13-21(20)26-27)24-23(29)18-6-4-5-7-22(18)28(30)31/h4-14H,1-3H3,(H,24,29). The number of carbonyl (C=O) groups is 1. The first-order valence-electron chi connectivity index (χ1n) is 9.86. The van der Waals surface area contributed by atoms with Crippen LogP contribution in [0.4, 0.5) is 11.4 Å². The van der Waals surface area contributed by atoms with Gasteiger partial charge in [-0.3, -0.25) is 14.9 Å². The maximum absolute atomic E-state index is 12.7. The molecule has 3 aromatic carbocycles. The zero-order chi connectivity index (χ0) is 22.1. The Bertz CT molecular complexity index is 1290. The number of carbonyl (C=O) groups excluding carboxylic acids is 1. The molecule has 0 bridgehead atoms. The molecule has 0 aliphatic carbocycles. The number of amides is 1. The number of nitrogens with zero attached hydrogens (tertiary/aromatic N) is 4. The number of anilines is 1. The van der Waals surface area contributed by atoms with Crippen LogP contribution in [0, 0.1) is 17.0 Å². The summed E-state index contributed by atoms with van der Waals surface area (Å²) < 4.78 is 0. The van der Waals surface area contributed by atoms with E-state index in [4.69, 9.17) is 0 Å². The fourth-order valence-electron chi connectivity index (χ4n) is 3.33. The van der Waals surface area contributed by atoms with Gasteiger partial charge in [-0.2, -0.15) is 4.80 Å². The molecule has 0 aliphatic rings. The van der Waals surface area contributed by atoms with Gasteiger partial charge in [0, 0.05) is 11.8 Å². The highest BCUT2D eigenvalue weighted by Gasteiger charge is 2.20. The Morgan fingerprint density at radius 3 is 2.32 bits per heavy atom. The number of benzene rings is 3. The molecule has 31 heavy (non-hydrogen) atoms. The Morgan fingerprint density at radius 2 is 1.68 bits per heavy atom. The molecule has 1 aromatic heterocycles. The topological polar surface area (TPSA) is 103 Å². The van der Waals surface area contributed by atoms with E-state index in [0.29, 0.717) is 22.6 Å². The summed E-state index contributed by atoms with van der Waals surface area (Å²) in [6.07, 6.45) is 0. The summed E-state index contributed by atoms with van der Waals surface area (Å²) in [6, 6.07) is 17.5. The summed E-state index contributed by atoms with van der Waals surface area (Å²) in [5, 5.41) is 23.1. The third-order valence-corrected chi connectivity index (χ3v) is 5.11. The molecule has 4 rings (SSSR count). The molecule has 0 aliphatic heterocycles. The molecule has 1 amide bonds. The van der Waals surface area contributed by atoms with Gasteiger partial charge in [0.15, 0.2) is 0 Å². The van der Waals surface area contributed by atoms with E-state index in [1.54, 1.807) is 16.9 Å². The monoisotopic (exact) mass is 415 g/mol. The van der Waals surface area contributed by atoms with Crippen molar-refractivity contribution in [2.45, 2.75) is 26.7 Å². The number of aryl methyl sites for hydroxylation is 1. The van der Waals surface area contributed by atoms with E-state index in [2.05, 4.69) is 41.5 Å². The van der Waals surface area contributed by atoms with Gasteiger partial charge in [0.05, 0.1) is 10.6 Å². The summed E-state index contributed by atoms with van der Waals surface area (Å²) >= 11 is 0. The van der Waals surface area contributed by atoms with E-state index in [1.807, 2.05) is 25.1 Å². The maximum Gasteiger partial charge on any atom is 0.282 e. The summed E-state index contributed by atoms with van der Waals surface area (Å²) in [6.45, 7) is 6.11. The zero-order valence-corrected chi connectivity index (χ0v) is 17.4. The van der Waals surface area contributed by atoms with Crippen LogP contribution in [0.5, 0.6) is 0 Å². The van der Waals surface area contributed by atoms with Crippen LogP contribution in [0.1, 0.15) is 41.3 Å². The van der Waals surface area contributed by atoms with Gasteiger partial charge >= 0.3 is 0 Å². The highest BCUT2D eigenvalue weighted by molar-refractivity contribution is 6.08. The molecule has 0 radical (unpaired) electrons. The van der Waals surface area contributed by atoms with Crippen molar-refractivity contribution in [2.24, 2.45) is 0 Å². The summed E-state index contributed by atoms with van der Waals surface area (Å²) in [5.41, 5.74) is 4.43. The first-order chi connectivity index (χ1) is 14.8. The average Bonchev–Trinajstić information content (AvgIpc) is 3.16. The van der Waals surface area contributed by atoms with Crippen molar-refractivity contribution in [2.75, 3.05) is 5.32 Å². The van der Waals surface area contributed by atoms with Crippen LogP contribution in [0.2, 0.25) is 0 Å². The fourth-order valence-corrected chi connectivity index (χ4v) is 3.33. The predicted molar refractivity (Wildman–Crippen MR) is 119 cm³/mol. The Labute approximate surface area is 178 Å². The Morgan fingerprint density at radius 1 is 1.03 bits per heavy atom. The number of fused-ring (bicyclic) bond motifs is 1. The Kier molecular flexibility index (Phi) is 5.21. The van der Waals surface area contributed by atoms with Gasteiger partial charge < -0.3 is 5.32 Å². The van der Waals surface area contributed by atoms with Gasteiger partial charge in [0.1, 0.15) is 16.6 Å². The van der Waals surface area contributed by atoms with E-state index in [-0.39, 0.29) is 11.3 Å². The number of para-hydroxylation sites is 1. The molecule has 0 fully saturated rings. The van der Waals surface area contributed by atoms with E-state index in [0.717, 1.165) is 11.3 Å². The van der Waals surface area contributed by atoms with Crippen LogP contribution < -0.4 is 5.32 Å². The zero-order valence-electron chi connectivity index (χ0n) is 17.4. The molecule has 0 saturated heterocycles. The van der Waals surface area contributed by atoms with Crippen LogP contribution in [0.15, 0.2) is 60.7 Å². The van der Waals surface area contributed by atoms with Gasteiger partial charge in [-0.05, 0) is 54.3 Å². The first kappa shape index (κ1) is 20.2. The van der Waals surface area contributed by atoms with Gasteiger partial charge in [0.25, 0.3) is 11.6 Å². The second-order valence-corrected chi connectivity index (χ2v) is 7.62. The predicted octanol–water partition coefficient (Wildman–Crippen LogP) is 5.01. The molecule has 0 unspecified atom stereocenters. The van der Waals surface area contributed by atoms with Gasteiger partial charge in [-0.1, -0.05) is 38.1 Å². The largest absolute Gasteiger partial charge is 0.321 e. The van der Waals surface area contributed by atoms with Gasteiger partial charge in [-0.15, -0.1) is 10.2 Å². The second kappa shape index (κ2) is 7.98. The number of rotatable bonds is 5. The molecule has 0 atom stereocenters. The van der Waals surface area contributed by atoms with Crippen LogP contribution in [-0.4, -0.2) is 25.8 Å². The van der Waals surface area contributed by atoms with Crippen molar-refractivity contribution in [3.05, 3.63) is 87.5 Å². The molecular weight excluding hydrogens is 394 g/mol. The number of hydrogen-bond donors (Lipinski definition) is 1. The van der Waals surface area contributed by atoms with Crippen molar-refractivity contribution >= 4 is 28.3 Å². The second-order valence-electron chi connectivity index (χ2n) is 7.62. The lowest BCUT2D eigenvalue weighted by atomic mass is 10.0. The fraction of sp³-hybridized carbons (Fsp3) is 0.174. The van der Waals surface area contributed by atoms with Crippen LogP contribution in [0.3, 0.4) is 0 Å². The molecule has 4 aromatic rings. The molecule has 0 saturated carbocycles. The SMILES string of the molecule is Cc1cc2nn(-c3ccc(C(C)C)cc3)nc2cc1NC(=O)c1ccccc1[N+](=O)[O-]. The number of nitro benzene ring substituents is 1. The van der Waals surface area contributed by atoms with Crippen molar-refractivity contribution < 1.29 is 9.72 Å². The number of hydrogen-bond acceptors (Lipinski definition) is 5. The number of nitrogens with one attached hydrogen (secondary N) is 1. The van der Waals surface area contributed by atoms with Crippen molar-refractivity contribution in [3.63, 3.8) is 0 Å². The van der Waals surface area contributed by atoms with Crippen LogP contribution in [0.25, 0.3) is 16.7 Å². The molecule has 1 heterocycles. The molecule has 8 nitrogen and oxygen atoms in total. The van der Waals surface area contributed by atoms with E-state index < -0.39 is 10.8 Å². The first-order valence-corrected chi connectivity index (χ1v) is 9.86. The van der Waals surface area contributed by atoms with Gasteiger partial charge in [-0.25, -0.2) is 0 Å². The third-order valence-electron chi connectivity index (χ3n) is 5.11. The molecule has 1 N–H and O–H groups in total. The highest BCUT2D eigenvalue weighted by atomic mass is 16.6. The maximum atomic E-state index is 12.7. The van der Waals surface area contributed by atoms with E-state index in [9.17, 15) is 14.9 Å². The van der Waals surface area contributed by atoms with Crippen LogP contribution >= 0.6 is 0 Å². The number of nitro groups is 1. The molecular formula is C23H21N5O3. The minimum absolute atomic E-state index is 0.000827. The molecule has 0 spiro atoms. The lowest BCUT2D eigenvalue weighted by Gasteiger charge is -2.08. The molecule has 156 valence electrons. The minimum Gasteiger partial charge on any atom is -0.321 e. The number of aromatic nitrogens is 3. The lowest BCUT2D eigenvalue weighted by Crippen LogP contribution is -2.14. The van der Waals surface area contributed by atoms with Crippen LogP contribution in [-0.2, 0) is 0 Å². The van der Waals surface area contributed by atoms with E-state index in [1.165, 1.54) is 23.8 Å². The van der Waals surface area contributed by atoms with Crippen molar-refractivity contribution in [1.82, 2.24) is 15.0 Å². The lowest BCUT2D eigenvalue weighted by molar-refractivity contribution is -0.385.